The molecule has 2 amide bonds. The van der Waals surface area contributed by atoms with Crippen LogP contribution >= 0.6 is 0 Å². The second-order valence-electron chi connectivity index (χ2n) is 12.6. The highest BCUT2D eigenvalue weighted by Gasteiger charge is 2.31. The first kappa shape index (κ1) is 35.4. The number of ether oxygens (including phenoxy) is 1. The third-order valence-electron chi connectivity index (χ3n) is 8.59. The van der Waals surface area contributed by atoms with Crippen LogP contribution < -0.4 is 20.5 Å². The van der Waals surface area contributed by atoms with Crippen molar-refractivity contribution in [1.29, 1.82) is 0 Å². The summed E-state index contributed by atoms with van der Waals surface area (Å²) < 4.78 is 35.3. The summed E-state index contributed by atoms with van der Waals surface area (Å²) in [5, 5.41) is 12.8. The van der Waals surface area contributed by atoms with Gasteiger partial charge in [0.2, 0.25) is 5.91 Å². The van der Waals surface area contributed by atoms with E-state index in [1.54, 1.807) is 78.6 Å². The molecule has 0 aromatic heterocycles. The second kappa shape index (κ2) is 15.5. The van der Waals surface area contributed by atoms with Crippen LogP contribution in [-0.2, 0) is 27.8 Å². The van der Waals surface area contributed by atoms with Crippen LogP contribution in [-0.4, -0.2) is 74.0 Å². The maximum absolute atomic E-state index is 13.6. The van der Waals surface area contributed by atoms with E-state index in [0.717, 1.165) is 5.56 Å². The zero-order valence-corrected chi connectivity index (χ0v) is 28.7. The number of aliphatic hydroxyl groups is 1. The number of sulfonamides is 1. The molecule has 11 nitrogen and oxygen atoms in total. The Morgan fingerprint density at radius 1 is 1.04 bits per heavy atom. The third kappa shape index (κ3) is 8.96. The number of anilines is 3. The Morgan fingerprint density at radius 3 is 2.43 bits per heavy atom. The maximum atomic E-state index is 13.6. The molecule has 4 aromatic rings. The van der Waals surface area contributed by atoms with E-state index < -0.39 is 16.1 Å². The number of hydrogen-bond acceptors (Lipinski definition) is 8. The Balaban J connectivity index is 1.32. The van der Waals surface area contributed by atoms with Gasteiger partial charge in [-0.05, 0) is 74.1 Å². The number of nitrogens with two attached hydrogens (primary N) is 1. The molecule has 0 spiro atoms. The van der Waals surface area contributed by atoms with Crippen LogP contribution in [0.25, 0.3) is 0 Å². The smallest absolute Gasteiger partial charge is 0.261 e. The molecular formula is C37H43N5O6S. The zero-order valence-electron chi connectivity index (χ0n) is 27.9. The molecule has 1 aliphatic heterocycles. The average Bonchev–Trinajstić information content (AvgIpc) is 3.13. The average molecular weight is 686 g/mol. The van der Waals surface area contributed by atoms with Crippen LogP contribution in [0.3, 0.4) is 0 Å². The van der Waals surface area contributed by atoms with Gasteiger partial charge in [0.25, 0.3) is 15.9 Å². The van der Waals surface area contributed by atoms with Gasteiger partial charge in [-0.1, -0.05) is 49.4 Å². The summed E-state index contributed by atoms with van der Waals surface area (Å²) in [6.07, 6.45) is -0.372. The lowest BCUT2D eigenvalue weighted by Crippen LogP contribution is -2.47. The van der Waals surface area contributed by atoms with Gasteiger partial charge in [0.05, 0.1) is 35.3 Å². The Bertz CT molecular complexity index is 1870. The highest BCUT2D eigenvalue weighted by atomic mass is 32.2. The number of fused-ring (bicyclic) bond motifs is 1. The van der Waals surface area contributed by atoms with Crippen LogP contribution in [0.1, 0.15) is 35.3 Å². The number of amides is 2. The summed E-state index contributed by atoms with van der Waals surface area (Å²) in [5.74, 6) is -0.0563. The molecule has 1 heterocycles. The molecule has 0 fully saturated rings. The van der Waals surface area contributed by atoms with Crippen molar-refractivity contribution in [3.63, 3.8) is 0 Å². The molecule has 5 N–H and O–H groups in total. The molecular weight excluding hydrogens is 643 g/mol. The summed E-state index contributed by atoms with van der Waals surface area (Å²) in [6, 6.07) is 27.1. The summed E-state index contributed by atoms with van der Waals surface area (Å²) >= 11 is 0. The van der Waals surface area contributed by atoms with Crippen molar-refractivity contribution in [2.45, 2.75) is 43.9 Å². The summed E-state index contributed by atoms with van der Waals surface area (Å²) in [4.78, 5) is 30.3. The van der Waals surface area contributed by atoms with Crippen LogP contribution in [0, 0.1) is 5.92 Å². The van der Waals surface area contributed by atoms with Crippen LogP contribution in [0.2, 0.25) is 0 Å². The number of nitrogens with one attached hydrogen (secondary N) is 2. The summed E-state index contributed by atoms with van der Waals surface area (Å²) in [6.45, 7) is 5.07. The molecule has 0 saturated carbocycles. The van der Waals surface area contributed by atoms with Crippen LogP contribution in [0.15, 0.2) is 102 Å². The van der Waals surface area contributed by atoms with Crippen molar-refractivity contribution >= 4 is 38.9 Å². The van der Waals surface area contributed by atoms with Gasteiger partial charge in [-0.3, -0.25) is 19.2 Å². The number of nitrogens with zero attached hydrogens (tertiary/aromatic N) is 2. The van der Waals surface area contributed by atoms with Gasteiger partial charge in [0.15, 0.2) is 0 Å². The molecule has 1 aliphatic rings. The Morgan fingerprint density at radius 2 is 1.73 bits per heavy atom. The van der Waals surface area contributed by atoms with Gasteiger partial charge in [-0.15, -0.1) is 0 Å². The highest BCUT2D eigenvalue weighted by Crippen LogP contribution is 2.30. The molecule has 3 atom stereocenters. The van der Waals surface area contributed by atoms with E-state index in [-0.39, 0.29) is 41.8 Å². The maximum Gasteiger partial charge on any atom is 0.261 e. The minimum absolute atomic E-state index is 0.0212. The van der Waals surface area contributed by atoms with Crippen molar-refractivity contribution in [2.75, 3.05) is 42.5 Å². The third-order valence-corrected chi connectivity index (χ3v) is 9.99. The molecule has 4 aromatic carbocycles. The van der Waals surface area contributed by atoms with E-state index in [0.29, 0.717) is 53.6 Å². The van der Waals surface area contributed by atoms with Crippen molar-refractivity contribution in [1.82, 2.24) is 9.80 Å². The molecule has 5 rings (SSSR count). The fourth-order valence-corrected chi connectivity index (χ4v) is 6.85. The van der Waals surface area contributed by atoms with Crippen molar-refractivity contribution in [2.24, 2.45) is 5.92 Å². The van der Waals surface area contributed by atoms with Gasteiger partial charge in [0, 0.05) is 42.4 Å². The molecule has 12 heteroatoms. The van der Waals surface area contributed by atoms with Crippen molar-refractivity contribution < 1.29 is 27.9 Å². The lowest BCUT2D eigenvalue weighted by atomic mass is 10.0. The van der Waals surface area contributed by atoms with E-state index in [2.05, 4.69) is 14.9 Å². The molecule has 49 heavy (non-hydrogen) atoms. The number of nitrogen functional groups attached to an aromatic ring is 1. The Hall–Kier alpha value is -4.91. The predicted molar refractivity (Wildman–Crippen MR) is 191 cm³/mol. The quantitative estimate of drug-likeness (QED) is 0.167. The van der Waals surface area contributed by atoms with E-state index in [1.807, 2.05) is 32.2 Å². The molecule has 0 radical (unpaired) electrons. The first-order valence-electron chi connectivity index (χ1n) is 16.1. The monoisotopic (exact) mass is 685 g/mol. The van der Waals surface area contributed by atoms with E-state index in [4.69, 9.17) is 10.5 Å². The number of aliphatic hydroxyl groups excluding tert-OH is 1. The van der Waals surface area contributed by atoms with Crippen LogP contribution in [0.4, 0.5) is 17.1 Å². The topological polar surface area (TPSA) is 154 Å². The fourth-order valence-electron chi connectivity index (χ4n) is 5.77. The highest BCUT2D eigenvalue weighted by molar-refractivity contribution is 7.92. The molecule has 0 saturated heterocycles. The predicted octanol–water partition coefficient (Wildman–Crippen LogP) is 4.60. The van der Waals surface area contributed by atoms with Gasteiger partial charge >= 0.3 is 0 Å². The molecule has 0 aliphatic carbocycles. The van der Waals surface area contributed by atoms with Crippen molar-refractivity contribution in [3.05, 3.63) is 114 Å². The molecule has 0 bridgehead atoms. The lowest BCUT2D eigenvalue weighted by Gasteiger charge is -2.34. The Kier molecular flexibility index (Phi) is 11.2. The fraction of sp³-hybridized carbons (Fsp3) is 0.297. The number of carbonyl (C=O) groups is 2. The number of hydrogen-bond donors (Lipinski definition) is 4. The SMILES string of the molecule is C[C@H]1CN([C@@H](C)CO)C(=O)Cc2cc(NS(=O)(=O)c3ccccc3)ccc2O[C@@H]1CN(C)Cc1ccc(C(=O)Nc2ccccc2N)cc1. The summed E-state index contributed by atoms with van der Waals surface area (Å²) in [7, 11) is -1.87. The number of rotatable bonds is 11. The number of benzene rings is 4. The van der Waals surface area contributed by atoms with Gasteiger partial charge < -0.3 is 25.8 Å². The van der Waals surface area contributed by atoms with Gasteiger partial charge in [0.1, 0.15) is 11.9 Å². The number of carbonyl (C=O) groups excluding carboxylic acids is 2. The van der Waals surface area contributed by atoms with Crippen molar-refractivity contribution in [3.8, 4) is 5.75 Å². The van der Waals surface area contributed by atoms with E-state index in [1.165, 1.54) is 12.1 Å². The normalized spacial score (nSPS) is 17.2. The largest absolute Gasteiger partial charge is 0.488 e. The summed E-state index contributed by atoms with van der Waals surface area (Å²) in [5.41, 5.74) is 9.37. The number of likely N-dealkylation sites (N-methyl/N-ethyl adjacent to an activating group) is 1. The van der Waals surface area contributed by atoms with Crippen LogP contribution in [0.5, 0.6) is 5.75 Å². The second-order valence-corrected chi connectivity index (χ2v) is 14.2. The van der Waals surface area contributed by atoms with E-state index in [9.17, 15) is 23.1 Å². The zero-order chi connectivity index (χ0) is 35.1. The first-order chi connectivity index (χ1) is 23.4. The minimum Gasteiger partial charge on any atom is -0.488 e. The minimum atomic E-state index is -3.85. The molecule has 258 valence electrons. The molecule has 0 unspecified atom stereocenters. The van der Waals surface area contributed by atoms with Gasteiger partial charge in [-0.25, -0.2) is 8.42 Å². The van der Waals surface area contributed by atoms with Gasteiger partial charge in [-0.2, -0.15) is 0 Å². The standard InChI is InChI=1S/C37H43N5O6S/c1-25-21-42(26(2)24-43)36(44)20-29-19-30(40-49(46,47)31-9-5-4-6-10-31)17-18-34(29)48-35(25)23-41(3)22-27-13-15-28(16-14-27)37(45)39-33-12-8-7-11-32(33)38/h4-19,25-26,35,40,43H,20-24,38H2,1-3H3,(H,39,45)/t25-,26-,35+/m0/s1. The van der Waals surface area contributed by atoms with E-state index >= 15 is 0 Å². The lowest BCUT2D eigenvalue weighted by molar-refractivity contribution is -0.134. The Labute approximate surface area is 287 Å². The number of para-hydroxylation sites is 2. The first-order valence-corrected chi connectivity index (χ1v) is 17.6.